The number of unbranched alkanes of at least 4 members (excludes halogenated alkanes) is 3. The van der Waals surface area contributed by atoms with E-state index in [0.29, 0.717) is 3.43 Å². The fraction of sp³-hybridized carbons (Fsp3) is 0.650. The second kappa shape index (κ2) is 9.70. The first-order chi connectivity index (χ1) is 11.2. The summed E-state index contributed by atoms with van der Waals surface area (Å²) in [7, 11) is 0. The van der Waals surface area contributed by atoms with Gasteiger partial charge < -0.3 is 0 Å². The molecule has 0 aliphatic rings. The number of hydrogen-bond donors (Lipinski definition) is 0. The number of aromatic nitrogens is 2. The molecule has 0 amide bonds. The van der Waals surface area contributed by atoms with Crippen LogP contribution in [0.15, 0.2) is 30.9 Å². The van der Waals surface area contributed by atoms with Gasteiger partial charge in [-0.2, -0.15) is 0 Å². The molecule has 2 rings (SSSR count). The number of rotatable bonds is 11. The third kappa shape index (κ3) is 5.23. The summed E-state index contributed by atoms with van der Waals surface area (Å²) in [5, 5.41) is 0. The number of fused-ring (bicyclic) bond motifs is 1. The predicted molar refractivity (Wildman–Crippen MR) is 102 cm³/mol. The summed E-state index contributed by atoms with van der Waals surface area (Å²) in [6.07, 6.45) is 18.7. The van der Waals surface area contributed by atoms with Crippen molar-refractivity contribution in [2.75, 3.05) is 0 Å². The van der Waals surface area contributed by atoms with Crippen LogP contribution < -0.4 is 3.58 Å². The molecule has 0 atom stereocenters. The van der Waals surface area contributed by atoms with Crippen molar-refractivity contribution in [2.45, 2.75) is 82.0 Å². The molecule has 2 radical (unpaired) electrons. The van der Waals surface area contributed by atoms with Crippen LogP contribution >= 0.6 is 0 Å². The second-order valence-corrected chi connectivity index (χ2v) is 12.1. The SMILES string of the molecule is CCCC[C](CCCC)(CCCC)[Sn][c]1cccn2cncc12. The fourth-order valence-corrected chi connectivity index (χ4v) is 9.09. The van der Waals surface area contributed by atoms with Gasteiger partial charge in [0.05, 0.1) is 0 Å². The normalized spacial score (nSPS) is 12.1. The topological polar surface area (TPSA) is 17.3 Å². The van der Waals surface area contributed by atoms with Crippen molar-refractivity contribution in [2.24, 2.45) is 0 Å². The van der Waals surface area contributed by atoms with E-state index in [1.54, 1.807) is 3.58 Å². The van der Waals surface area contributed by atoms with Gasteiger partial charge in [-0.15, -0.1) is 0 Å². The fourth-order valence-electron chi connectivity index (χ4n) is 3.45. The molecule has 0 saturated carbocycles. The van der Waals surface area contributed by atoms with Crippen LogP contribution in [-0.4, -0.2) is 30.5 Å². The predicted octanol–water partition coefficient (Wildman–Crippen LogP) is 5.39. The van der Waals surface area contributed by atoms with Crippen LogP contribution in [0.1, 0.15) is 78.6 Å². The molecule has 0 spiro atoms. The molecule has 126 valence electrons. The van der Waals surface area contributed by atoms with Crippen LogP contribution in [0.5, 0.6) is 0 Å². The summed E-state index contributed by atoms with van der Waals surface area (Å²) in [6, 6.07) is 4.61. The number of hydrogen-bond acceptors (Lipinski definition) is 1. The molecular formula is C20H32N2Sn. The zero-order valence-corrected chi connectivity index (χ0v) is 18.0. The summed E-state index contributed by atoms with van der Waals surface area (Å²) in [5.74, 6) is 0. The first-order valence-electron chi connectivity index (χ1n) is 9.43. The van der Waals surface area contributed by atoms with Crippen LogP contribution in [0.25, 0.3) is 5.52 Å². The molecule has 0 unspecified atom stereocenters. The van der Waals surface area contributed by atoms with E-state index in [9.17, 15) is 0 Å². The molecule has 23 heavy (non-hydrogen) atoms. The molecule has 0 aliphatic carbocycles. The molecule has 0 bridgehead atoms. The van der Waals surface area contributed by atoms with Crippen LogP contribution in [-0.2, 0) is 0 Å². The van der Waals surface area contributed by atoms with Gasteiger partial charge in [-0.25, -0.2) is 0 Å². The average Bonchev–Trinajstić information content (AvgIpc) is 3.06. The summed E-state index contributed by atoms with van der Waals surface area (Å²) >= 11 is -0.661. The monoisotopic (exact) mass is 420 g/mol. The molecule has 0 saturated heterocycles. The molecule has 0 N–H and O–H groups in total. The zero-order valence-electron chi connectivity index (χ0n) is 15.1. The van der Waals surface area contributed by atoms with E-state index in [2.05, 4.69) is 54.7 Å². The maximum atomic E-state index is 4.37. The Labute approximate surface area is 152 Å². The van der Waals surface area contributed by atoms with E-state index < -0.39 is 21.1 Å². The Morgan fingerprint density at radius 2 is 1.61 bits per heavy atom. The van der Waals surface area contributed by atoms with E-state index in [4.69, 9.17) is 0 Å². The number of imidazole rings is 1. The minimum absolute atomic E-state index is 0.650. The summed E-state index contributed by atoms with van der Waals surface area (Å²) in [4.78, 5) is 4.37. The molecule has 2 aromatic heterocycles. The Bertz CT molecular complexity index is 554. The van der Waals surface area contributed by atoms with Crippen LogP contribution in [0, 0.1) is 0 Å². The van der Waals surface area contributed by atoms with Gasteiger partial charge in [0.1, 0.15) is 0 Å². The standard InChI is InChI=1S/C13H27.C7H5N2.Sn/c1-4-7-10-13(11-8-5-2)12-9-6-3;1-2-4-9-6-8-5-7(9)3-1;/h4-12H2,1-3H3;1-2,4-6H;. The summed E-state index contributed by atoms with van der Waals surface area (Å²) < 4.78 is 4.51. The summed E-state index contributed by atoms with van der Waals surface area (Å²) in [5.41, 5.74) is 1.37. The van der Waals surface area contributed by atoms with Gasteiger partial charge in [0.15, 0.2) is 0 Å². The van der Waals surface area contributed by atoms with E-state index in [-0.39, 0.29) is 0 Å². The third-order valence-electron chi connectivity index (χ3n) is 4.88. The quantitative estimate of drug-likeness (QED) is 0.447. The van der Waals surface area contributed by atoms with Gasteiger partial charge in [0.25, 0.3) is 0 Å². The van der Waals surface area contributed by atoms with Gasteiger partial charge in [-0.1, -0.05) is 0 Å². The van der Waals surface area contributed by atoms with Gasteiger partial charge in [-0.05, 0) is 0 Å². The van der Waals surface area contributed by atoms with Crippen molar-refractivity contribution in [3.05, 3.63) is 30.9 Å². The van der Waals surface area contributed by atoms with Crippen molar-refractivity contribution in [3.63, 3.8) is 0 Å². The number of nitrogens with zero attached hydrogens (tertiary/aromatic N) is 2. The Kier molecular flexibility index (Phi) is 7.94. The van der Waals surface area contributed by atoms with E-state index in [1.807, 2.05) is 6.33 Å². The summed E-state index contributed by atoms with van der Waals surface area (Å²) in [6.45, 7) is 7.02. The van der Waals surface area contributed by atoms with Gasteiger partial charge in [-0.3, -0.25) is 0 Å². The third-order valence-corrected chi connectivity index (χ3v) is 10.5. The second-order valence-electron chi connectivity index (χ2n) is 6.82. The Morgan fingerprint density at radius 1 is 1.00 bits per heavy atom. The van der Waals surface area contributed by atoms with Crippen LogP contribution in [0.3, 0.4) is 0 Å². The van der Waals surface area contributed by atoms with Crippen molar-refractivity contribution >= 4 is 30.2 Å². The Morgan fingerprint density at radius 3 is 2.17 bits per heavy atom. The molecular weight excluding hydrogens is 387 g/mol. The van der Waals surface area contributed by atoms with Crippen LogP contribution in [0.2, 0.25) is 3.43 Å². The first-order valence-corrected chi connectivity index (χ1v) is 12.3. The molecule has 0 aliphatic heterocycles. The van der Waals surface area contributed by atoms with Crippen LogP contribution in [0.4, 0.5) is 0 Å². The first kappa shape index (κ1) is 18.8. The van der Waals surface area contributed by atoms with Crippen molar-refractivity contribution in [1.29, 1.82) is 0 Å². The molecule has 3 heteroatoms. The van der Waals surface area contributed by atoms with Crippen molar-refractivity contribution < 1.29 is 0 Å². The molecule has 0 fully saturated rings. The zero-order chi connectivity index (χ0) is 16.5. The molecule has 2 heterocycles. The molecule has 2 nitrogen and oxygen atoms in total. The van der Waals surface area contributed by atoms with Gasteiger partial charge >= 0.3 is 152 Å². The van der Waals surface area contributed by atoms with Gasteiger partial charge in [0, 0.05) is 0 Å². The van der Waals surface area contributed by atoms with E-state index in [0.717, 1.165) is 0 Å². The minimum atomic E-state index is -0.661. The maximum absolute atomic E-state index is 4.37. The Hall–Kier alpha value is -0.511. The average molecular weight is 419 g/mol. The molecule has 0 aromatic carbocycles. The molecule has 2 aromatic rings. The number of pyridine rings is 1. The van der Waals surface area contributed by atoms with Gasteiger partial charge in [0.2, 0.25) is 0 Å². The van der Waals surface area contributed by atoms with Crippen molar-refractivity contribution in [1.82, 2.24) is 9.38 Å². The van der Waals surface area contributed by atoms with E-state index in [1.165, 1.54) is 63.3 Å². The van der Waals surface area contributed by atoms with E-state index >= 15 is 0 Å². The Balaban J connectivity index is 2.27. The van der Waals surface area contributed by atoms with Crippen molar-refractivity contribution in [3.8, 4) is 0 Å².